The lowest BCUT2D eigenvalue weighted by Crippen LogP contribution is -2.45. The van der Waals surface area contributed by atoms with Crippen molar-refractivity contribution in [3.8, 4) is 0 Å². The van der Waals surface area contributed by atoms with Gasteiger partial charge in [-0.05, 0) is 26.3 Å². The number of ether oxygens (including phenoxy) is 1. The molecule has 0 radical (unpaired) electrons. The van der Waals surface area contributed by atoms with Crippen molar-refractivity contribution in [3.63, 3.8) is 0 Å². The van der Waals surface area contributed by atoms with Gasteiger partial charge < -0.3 is 4.74 Å². The second-order valence-corrected chi connectivity index (χ2v) is 4.21. The van der Waals surface area contributed by atoms with Gasteiger partial charge in [0.05, 0.1) is 17.8 Å². The molecule has 0 bridgehead atoms. The van der Waals surface area contributed by atoms with Gasteiger partial charge in [-0.1, -0.05) is 6.92 Å². The minimum atomic E-state index is 0.0743. The monoisotopic (exact) mass is 240 g/mol. The van der Waals surface area contributed by atoms with Crippen molar-refractivity contribution >= 4 is 0 Å². The number of aryl methyl sites for hydroxylation is 2. The molecular weight excluding hydrogens is 216 g/mol. The van der Waals surface area contributed by atoms with Gasteiger partial charge >= 0.3 is 0 Å². The number of hydrogen-bond acceptors (Lipinski definition) is 4. The number of hydrazine groups is 1. The van der Waals surface area contributed by atoms with E-state index in [2.05, 4.69) is 30.4 Å². The Morgan fingerprint density at radius 3 is 2.71 bits per heavy atom. The fraction of sp³-hybridized carbons (Fsp3) is 0.750. The van der Waals surface area contributed by atoms with Crippen molar-refractivity contribution in [1.29, 1.82) is 0 Å². The summed E-state index contributed by atoms with van der Waals surface area (Å²) >= 11 is 0. The van der Waals surface area contributed by atoms with Gasteiger partial charge in [-0.25, -0.2) is 0 Å². The molecule has 17 heavy (non-hydrogen) atoms. The Kier molecular flexibility index (Phi) is 5.61. The van der Waals surface area contributed by atoms with Crippen molar-refractivity contribution in [2.24, 2.45) is 5.84 Å². The molecule has 3 N–H and O–H groups in total. The van der Waals surface area contributed by atoms with E-state index in [1.54, 1.807) is 7.11 Å². The smallest absolute Gasteiger partial charge is 0.0713 e. The molecule has 1 rings (SSSR count). The summed E-state index contributed by atoms with van der Waals surface area (Å²) in [7, 11) is 1.70. The Hall–Kier alpha value is -0.910. The average Bonchev–Trinajstić information content (AvgIpc) is 2.77. The van der Waals surface area contributed by atoms with Crippen molar-refractivity contribution in [3.05, 3.63) is 17.5 Å². The van der Waals surface area contributed by atoms with Crippen LogP contribution in [0.3, 0.4) is 0 Å². The van der Waals surface area contributed by atoms with E-state index in [4.69, 9.17) is 10.6 Å². The molecule has 1 aromatic rings. The van der Waals surface area contributed by atoms with Crippen molar-refractivity contribution < 1.29 is 4.74 Å². The van der Waals surface area contributed by atoms with Gasteiger partial charge in [0, 0.05) is 25.8 Å². The highest BCUT2D eigenvalue weighted by molar-refractivity contribution is 5.12. The molecule has 5 nitrogen and oxygen atoms in total. The van der Waals surface area contributed by atoms with E-state index >= 15 is 0 Å². The molecule has 0 aliphatic heterocycles. The number of rotatable bonds is 7. The highest BCUT2D eigenvalue weighted by atomic mass is 16.5. The second kappa shape index (κ2) is 6.74. The van der Waals surface area contributed by atoms with Crippen LogP contribution in [-0.2, 0) is 24.1 Å². The van der Waals surface area contributed by atoms with Crippen LogP contribution in [0, 0.1) is 0 Å². The van der Waals surface area contributed by atoms with Crippen molar-refractivity contribution in [2.45, 2.75) is 52.3 Å². The Morgan fingerprint density at radius 1 is 1.53 bits per heavy atom. The van der Waals surface area contributed by atoms with Crippen molar-refractivity contribution in [2.75, 3.05) is 7.11 Å². The number of nitrogens with zero attached hydrogens (tertiary/aromatic N) is 2. The van der Waals surface area contributed by atoms with Gasteiger partial charge in [0.1, 0.15) is 0 Å². The molecule has 1 heterocycles. The van der Waals surface area contributed by atoms with Crippen LogP contribution in [0.15, 0.2) is 6.07 Å². The molecule has 2 atom stereocenters. The molecule has 0 spiro atoms. The first-order valence-electron chi connectivity index (χ1n) is 6.20. The topological polar surface area (TPSA) is 65.1 Å². The number of nitrogens with two attached hydrogens (primary N) is 1. The van der Waals surface area contributed by atoms with Gasteiger partial charge in [0.25, 0.3) is 0 Å². The predicted octanol–water partition coefficient (Wildman–Crippen LogP) is 0.875. The molecule has 0 aromatic carbocycles. The summed E-state index contributed by atoms with van der Waals surface area (Å²) in [5.41, 5.74) is 5.15. The molecule has 1 aromatic heterocycles. The maximum Gasteiger partial charge on any atom is 0.0713 e. The Bertz CT molecular complexity index is 337. The maximum atomic E-state index is 5.57. The molecule has 0 fully saturated rings. The van der Waals surface area contributed by atoms with Gasteiger partial charge in [-0.15, -0.1) is 0 Å². The standard InChI is InChI=1S/C12H24N4O/c1-5-10-7-11(16(6-2)15-10)8-12(14-13)9(3)17-4/h7,9,12,14H,5-6,8,13H2,1-4H3. The molecule has 0 amide bonds. The first-order valence-corrected chi connectivity index (χ1v) is 6.20. The minimum absolute atomic E-state index is 0.0743. The number of aromatic nitrogens is 2. The first-order chi connectivity index (χ1) is 8.15. The van der Waals surface area contributed by atoms with Crippen LogP contribution in [0.4, 0.5) is 0 Å². The summed E-state index contributed by atoms with van der Waals surface area (Å²) in [5, 5.41) is 4.53. The summed E-state index contributed by atoms with van der Waals surface area (Å²) in [4.78, 5) is 0. The van der Waals surface area contributed by atoms with E-state index < -0.39 is 0 Å². The summed E-state index contributed by atoms with van der Waals surface area (Å²) < 4.78 is 7.34. The lowest BCUT2D eigenvalue weighted by atomic mass is 10.1. The third-order valence-electron chi connectivity index (χ3n) is 3.16. The zero-order valence-corrected chi connectivity index (χ0v) is 11.2. The van der Waals surface area contributed by atoms with Gasteiger partial charge in [-0.2, -0.15) is 5.10 Å². The summed E-state index contributed by atoms with van der Waals surface area (Å²) in [6, 6.07) is 2.25. The third kappa shape index (κ3) is 3.52. The van der Waals surface area contributed by atoms with Crippen LogP contribution < -0.4 is 11.3 Å². The van der Waals surface area contributed by atoms with Crippen molar-refractivity contribution in [1.82, 2.24) is 15.2 Å². The van der Waals surface area contributed by atoms with Crippen LogP contribution in [0.1, 0.15) is 32.2 Å². The normalized spacial score (nSPS) is 14.9. The highest BCUT2D eigenvalue weighted by Gasteiger charge is 2.18. The maximum absolute atomic E-state index is 5.57. The van der Waals surface area contributed by atoms with E-state index in [1.807, 2.05) is 11.6 Å². The Morgan fingerprint density at radius 2 is 2.24 bits per heavy atom. The molecule has 0 saturated heterocycles. The Balaban J connectivity index is 2.80. The lowest BCUT2D eigenvalue weighted by molar-refractivity contribution is 0.0824. The van der Waals surface area contributed by atoms with Crippen LogP contribution in [0.25, 0.3) is 0 Å². The highest BCUT2D eigenvalue weighted by Crippen LogP contribution is 2.11. The molecular formula is C12H24N4O. The number of methoxy groups -OCH3 is 1. The fourth-order valence-corrected chi connectivity index (χ4v) is 1.88. The molecule has 0 saturated carbocycles. The molecule has 2 unspecified atom stereocenters. The zero-order valence-electron chi connectivity index (χ0n) is 11.2. The summed E-state index contributed by atoms with van der Waals surface area (Å²) in [6.07, 6.45) is 1.86. The van der Waals surface area contributed by atoms with E-state index in [0.29, 0.717) is 0 Å². The molecule has 0 aliphatic carbocycles. The lowest BCUT2D eigenvalue weighted by Gasteiger charge is -2.22. The number of nitrogens with one attached hydrogen (secondary N) is 1. The van der Waals surface area contributed by atoms with Gasteiger partial charge in [0.2, 0.25) is 0 Å². The summed E-state index contributed by atoms with van der Waals surface area (Å²) in [6.45, 7) is 7.11. The van der Waals surface area contributed by atoms with Gasteiger partial charge in [-0.3, -0.25) is 16.0 Å². The van der Waals surface area contributed by atoms with E-state index in [9.17, 15) is 0 Å². The third-order valence-corrected chi connectivity index (χ3v) is 3.16. The van der Waals surface area contributed by atoms with Gasteiger partial charge in [0.15, 0.2) is 0 Å². The largest absolute Gasteiger partial charge is 0.380 e. The minimum Gasteiger partial charge on any atom is -0.380 e. The summed E-state index contributed by atoms with van der Waals surface area (Å²) in [5.74, 6) is 5.57. The predicted molar refractivity (Wildman–Crippen MR) is 68.6 cm³/mol. The first kappa shape index (κ1) is 14.2. The van der Waals surface area contributed by atoms with E-state index in [-0.39, 0.29) is 12.1 Å². The second-order valence-electron chi connectivity index (χ2n) is 4.21. The zero-order chi connectivity index (χ0) is 12.8. The molecule has 0 aliphatic rings. The Labute approximate surface area is 103 Å². The van der Waals surface area contributed by atoms with Crippen LogP contribution in [0.2, 0.25) is 0 Å². The molecule has 5 heteroatoms. The van der Waals surface area contributed by atoms with Crippen LogP contribution >= 0.6 is 0 Å². The quantitative estimate of drug-likeness (QED) is 0.548. The SMILES string of the molecule is CCc1cc(CC(NN)C(C)OC)n(CC)n1. The van der Waals surface area contributed by atoms with E-state index in [0.717, 1.165) is 25.1 Å². The van der Waals surface area contributed by atoms with Crippen LogP contribution in [0.5, 0.6) is 0 Å². The van der Waals surface area contributed by atoms with Crippen LogP contribution in [-0.4, -0.2) is 29.0 Å². The average molecular weight is 240 g/mol. The molecule has 98 valence electrons. The van der Waals surface area contributed by atoms with E-state index in [1.165, 1.54) is 5.69 Å². The number of hydrogen-bond donors (Lipinski definition) is 2. The fourth-order valence-electron chi connectivity index (χ4n) is 1.88.